The number of hydrogen-bond acceptors (Lipinski definition) is 3. The molecule has 122 valence electrons. The minimum Gasteiger partial charge on any atom is -0.597 e. The fraction of sp³-hybridized carbons (Fsp3) is 0.812. The molecule has 5 heteroatoms. The average molecular weight is 314 g/mol. The quantitative estimate of drug-likeness (QED) is 0.753. The Morgan fingerprint density at radius 1 is 1.29 bits per heavy atom. The molecule has 0 aliphatic heterocycles. The van der Waals surface area contributed by atoms with Crippen LogP contribution >= 0.6 is 0 Å². The van der Waals surface area contributed by atoms with E-state index in [1.165, 1.54) is 0 Å². The van der Waals surface area contributed by atoms with Crippen molar-refractivity contribution in [3.05, 3.63) is 18.2 Å². The average Bonchev–Trinajstić information content (AvgIpc) is 2.73. The van der Waals surface area contributed by atoms with Crippen molar-refractivity contribution in [1.29, 1.82) is 0 Å². The number of nitrogens with zero attached hydrogens (tertiary/aromatic N) is 3. The third-order valence-corrected chi connectivity index (χ3v) is 5.14. The van der Waals surface area contributed by atoms with E-state index in [0.29, 0.717) is 11.8 Å². The summed E-state index contributed by atoms with van der Waals surface area (Å²) in [7, 11) is 1.94. The molecule has 4 nitrogen and oxygen atoms in total. The Balaban J connectivity index is 2.99. The van der Waals surface area contributed by atoms with Gasteiger partial charge in [0.15, 0.2) is 0 Å². The Morgan fingerprint density at radius 2 is 1.86 bits per heavy atom. The first-order valence-corrected chi connectivity index (χ1v) is 8.81. The lowest BCUT2D eigenvalue weighted by Crippen LogP contribution is -2.44. The van der Waals surface area contributed by atoms with Gasteiger partial charge in [-0.25, -0.2) is 4.98 Å². The molecule has 0 fully saturated rings. The van der Waals surface area contributed by atoms with Gasteiger partial charge in [0, 0.05) is 31.2 Å². The molecule has 0 aliphatic carbocycles. The van der Waals surface area contributed by atoms with Crippen LogP contribution in [0.15, 0.2) is 12.5 Å². The Kier molecular flexibility index (Phi) is 6.32. The Morgan fingerprint density at radius 3 is 2.29 bits per heavy atom. The zero-order valence-corrected chi connectivity index (χ0v) is 15.6. The van der Waals surface area contributed by atoms with Crippen LogP contribution in [0, 0.1) is 11.8 Å². The number of hydrogen-bond donors (Lipinski definition) is 0. The van der Waals surface area contributed by atoms with Gasteiger partial charge in [-0.3, -0.25) is 0 Å². The standard InChI is InChI=1S/C16H31N3OS/c1-12(2)9-19-10-14(17-11-19)15(13(3)4)18(8)21(20)16(5,6)7/h10-13,15H,9H2,1-8H3/t15?,21-/m0/s1. The van der Waals surface area contributed by atoms with Gasteiger partial charge >= 0.3 is 0 Å². The number of aromatic nitrogens is 2. The molecule has 1 unspecified atom stereocenters. The van der Waals surface area contributed by atoms with Gasteiger partial charge in [-0.1, -0.05) is 27.7 Å². The van der Waals surface area contributed by atoms with E-state index in [-0.39, 0.29) is 10.8 Å². The van der Waals surface area contributed by atoms with Crippen molar-refractivity contribution in [2.75, 3.05) is 7.05 Å². The molecule has 1 rings (SSSR count). The summed E-state index contributed by atoms with van der Waals surface area (Å²) in [4.78, 5) is 4.56. The molecule has 0 N–H and O–H groups in total. The van der Waals surface area contributed by atoms with Crippen molar-refractivity contribution in [3.63, 3.8) is 0 Å². The van der Waals surface area contributed by atoms with Crippen LogP contribution in [0.3, 0.4) is 0 Å². The first kappa shape index (κ1) is 18.5. The summed E-state index contributed by atoms with van der Waals surface area (Å²) in [6.45, 7) is 15.7. The highest BCUT2D eigenvalue weighted by Gasteiger charge is 2.37. The molecule has 0 aliphatic rings. The molecular weight excluding hydrogens is 282 g/mol. The maximum atomic E-state index is 12.7. The van der Waals surface area contributed by atoms with Gasteiger partial charge in [-0.15, -0.1) is 4.31 Å². The maximum absolute atomic E-state index is 12.7. The lowest BCUT2D eigenvalue weighted by atomic mass is 10.0. The van der Waals surface area contributed by atoms with Crippen LogP contribution < -0.4 is 0 Å². The van der Waals surface area contributed by atoms with Crippen LogP contribution in [0.4, 0.5) is 0 Å². The van der Waals surface area contributed by atoms with Gasteiger partial charge in [0.25, 0.3) is 0 Å². The Labute approximate surface area is 133 Å². The molecule has 21 heavy (non-hydrogen) atoms. The predicted molar refractivity (Wildman–Crippen MR) is 90.3 cm³/mol. The zero-order chi connectivity index (χ0) is 16.4. The van der Waals surface area contributed by atoms with Crippen molar-refractivity contribution in [2.45, 2.75) is 65.8 Å². The summed E-state index contributed by atoms with van der Waals surface area (Å²) >= 11 is -1.05. The summed E-state index contributed by atoms with van der Waals surface area (Å²) in [5, 5.41) is 0. The molecule has 1 aromatic heterocycles. The number of rotatable bonds is 6. The first-order valence-electron chi connectivity index (χ1n) is 7.70. The third kappa shape index (κ3) is 5.01. The smallest absolute Gasteiger partial charge is 0.137 e. The normalized spacial score (nSPS) is 16.0. The Bertz CT molecular complexity index is 437. The van der Waals surface area contributed by atoms with Crippen molar-refractivity contribution < 1.29 is 4.55 Å². The van der Waals surface area contributed by atoms with E-state index in [1.54, 1.807) is 0 Å². The van der Waals surface area contributed by atoms with Gasteiger partial charge in [-0.2, -0.15) is 0 Å². The molecule has 1 heterocycles. The topological polar surface area (TPSA) is 44.1 Å². The molecule has 0 aromatic carbocycles. The highest BCUT2D eigenvalue weighted by Crippen LogP contribution is 2.32. The van der Waals surface area contributed by atoms with E-state index < -0.39 is 11.4 Å². The zero-order valence-electron chi connectivity index (χ0n) is 14.8. The largest absolute Gasteiger partial charge is 0.597 e. The Hall–Kier alpha value is -0.520. The molecule has 2 atom stereocenters. The highest BCUT2D eigenvalue weighted by molar-refractivity contribution is 7.90. The van der Waals surface area contributed by atoms with Gasteiger partial charge in [0.2, 0.25) is 0 Å². The second kappa shape index (κ2) is 7.16. The van der Waals surface area contributed by atoms with Crippen molar-refractivity contribution in [3.8, 4) is 0 Å². The van der Waals surface area contributed by atoms with Crippen LogP contribution in [-0.4, -0.2) is 30.2 Å². The second-order valence-corrected chi connectivity index (χ2v) is 9.78. The SMILES string of the molecule is CC(C)Cn1cnc(C(C(C)C)N(C)[S@@+]([O-])C(C)(C)C)c1. The molecule has 0 bridgehead atoms. The van der Waals surface area contributed by atoms with Gasteiger partial charge in [-0.05, 0) is 32.6 Å². The minimum absolute atomic E-state index is 0.0680. The highest BCUT2D eigenvalue weighted by atomic mass is 32.2. The van der Waals surface area contributed by atoms with E-state index in [4.69, 9.17) is 0 Å². The van der Waals surface area contributed by atoms with Crippen LogP contribution in [0.1, 0.15) is 60.2 Å². The summed E-state index contributed by atoms with van der Waals surface area (Å²) in [6.07, 6.45) is 3.99. The molecule has 0 saturated heterocycles. The third-order valence-electron chi connectivity index (χ3n) is 3.34. The second-order valence-electron chi connectivity index (χ2n) is 7.49. The molecule has 1 aromatic rings. The number of imidazole rings is 1. The molecule has 0 spiro atoms. The lowest BCUT2D eigenvalue weighted by molar-refractivity contribution is 0.288. The fourth-order valence-corrected chi connectivity index (χ4v) is 3.96. The van der Waals surface area contributed by atoms with Crippen molar-refractivity contribution in [1.82, 2.24) is 13.9 Å². The summed E-state index contributed by atoms with van der Waals surface area (Å²) in [5.41, 5.74) is 1.01. The molecule has 0 radical (unpaired) electrons. The first-order chi connectivity index (χ1) is 9.54. The van der Waals surface area contributed by atoms with E-state index in [1.807, 2.05) is 38.5 Å². The van der Waals surface area contributed by atoms with Crippen LogP contribution in [0.5, 0.6) is 0 Å². The molecule has 0 saturated carbocycles. The van der Waals surface area contributed by atoms with E-state index >= 15 is 0 Å². The van der Waals surface area contributed by atoms with E-state index in [2.05, 4.69) is 43.4 Å². The van der Waals surface area contributed by atoms with E-state index in [0.717, 1.165) is 12.2 Å². The molecule has 0 amide bonds. The van der Waals surface area contributed by atoms with Crippen LogP contribution in [-0.2, 0) is 17.9 Å². The minimum atomic E-state index is -1.05. The van der Waals surface area contributed by atoms with E-state index in [9.17, 15) is 4.55 Å². The lowest BCUT2D eigenvalue weighted by Gasteiger charge is -2.36. The summed E-state index contributed by atoms with van der Waals surface area (Å²) in [6, 6.07) is 0.0680. The van der Waals surface area contributed by atoms with Crippen LogP contribution in [0.2, 0.25) is 0 Å². The molecular formula is C16H31N3OS. The van der Waals surface area contributed by atoms with Crippen molar-refractivity contribution in [2.24, 2.45) is 11.8 Å². The summed E-state index contributed by atoms with van der Waals surface area (Å²) < 4.78 is 16.5. The fourth-order valence-electron chi connectivity index (χ4n) is 2.53. The van der Waals surface area contributed by atoms with Crippen LogP contribution in [0.25, 0.3) is 0 Å². The predicted octanol–water partition coefficient (Wildman–Crippen LogP) is 3.63. The summed E-state index contributed by atoms with van der Waals surface area (Å²) in [5.74, 6) is 0.940. The van der Waals surface area contributed by atoms with Gasteiger partial charge in [0.1, 0.15) is 10.8 Å². The van der Waals surface area contributed by atoms with Crippen molar-refractivity contribution >= 4 is 11.4 Å². The van der Waals surface area contributed by atoms with Gasteiger partial charge in [0.05, 0.1) is 12.0 Å². The van der Waals surface area contributed by atoms with Gasteiger partial charge < -0.3 is 9.12 Å². The monoisotopic (exact) mass is 313 g/mol. The maximum Gasteiger partial charge on any atom is 0.137 e.